The molecular weight excluding hydrogens is 359 g/mol. The van der Waals surface area contributed by atoms with Crippen LogP contribution in [0.2, 0.25) is 5.02 Å². The van der Waals surface area contributed by atoms with E-state index in [1.54, 1.807) is 4.57 Å². The standard InChI is InChI=1S/C16H15ClF3N3S/c17-11-6-5-8(16(18,19)20)7-12(11)23-14(21-22-15(23)24)13-9-3-1-2-4-10(9)13/h5-7,9-10,13H,1-4H2,(H,22,24). The molecule has 4 rings (SSSR count). The van der Waals surface area contributed by atoms with Gasteiger partial charge in [-0.1, -0.05) is 24.4 Å². The van der Waals surface area contributed by atoms with Crippen molar-refractivity contribution >= 4 is 23.8 Å². The highest BCUT2D eigenvalue weighted by molar-refractivity contribution is 7.71. The predicted octanol–water partition coefficient (Wildman–Crippen LogP) is 5.51. The van der Waals surface area contributed by atoms with E-state index in [4.69, 9.17) is 23.8 Å². The van der Waals surface area contributed by atoms with Gasteiger partial charge in [0.05, 0.1) is 16.3 Å². The highest BCUT2D eigenvalue weighted by Crippen LogP contribution is 2.61. The number of fused-ring (bicyclic) bond motifs is 1. The van der Waals surface area contributed by atoms with Crippen LogP contribution >= 0.6 is 23.8 Å². The van der Waals surface area contributed by atoms with E-state index in [-0.39, 0.29) is 21.4 Å². The number of benzene rings is 1. The fourth-order valence-electron chi connectivity index (χ4n) is 4.00. The van der Waals surface area contributed by atoms with E-state index in [9.17, 15) is 13.2 Å². The van der Waals surface area contributed by atoms with Crippen LogP contribution in [0, 0.1) is 16.6 Å². The van der Waals surface area contributed by atoms with Crippen LogP contribution in [-0.2, 0) is 6.18 Å². The molecule has 2 saturated carbocycles. The molecule has 1 N–H and O–H groups in total. The van der Waals surface area contributed by atoms with Crippen molar-refractivity contribution < 1.29 is 13.2 Å². The third-order valence-corrected chi connectivity index (χ3v) is 5.76. The fraction of sp³-hybridized carbons (Fsp3) is 0.500. The Kier molecular flexibility index (Phi) is 3.76. The highest BCUT2D eigenvalue weighted by Gasteiger charge is 2.53. The Hall–Kier alpha value is -1.34. The SMILES string of the molecule is FC(F)(F)c1ccc(Cl)c(-n2c(C3C4CCCCC43)n[nH]c2=S)c1. The number of nitrogens with zero attached hydrogens (tertiary/aromatic N) is 2. The van der Waals surface area contributed by atoms with Gasteiger partial charge in [0, 0.05) is 5.92 Å². The molecule has 2 unspecified atom stereocenters. The van der Waals surface area contributed by atoms with E-state index in [0.29, 0.717) is 17.7 Å². The summed E-state index contributed by atoms with van der Waals surface area (Å²) in [5, 5.41) is 7.27. The lowest BCUT2D eigenvalue weighted by molar-refractivity contribution is -0.137. The van der Waals surface area contributed by atoms with Crippen LogP contribution in [0.25, 0.3) is 5.69 Å². The molecule has 0 aliphatic heterocycles. The fourth-order valence-corrected chi connectivity index (χ4v) is 4.44. The van der Waals surface area contributed by atoms with E-state index >= 15 is 0 Å². The molecule has 2 aliphatic rings. The first-order valence-corrected chi connectivity index (χ1v) is 8.71. The second-order valence-electron chi connectivity index (χ2n) is 6.52. The second-order valence-corrected chi connectivity index (χ2v) is 7.32. The van der Waals surface area contributed by atoms with Gasteiger partial charge in [0.15, 0.2) is 4.77 Å². The van der Waals surface area contributed by atoms with Crippen molar-refractivity contribution in [3.8, 4) is 5.69 Å². The Labute approximate surface area is 146 Å². The summed E-state index contributed by atoms with van der Waals surface area (Å²) in [6.07, 6.45) is 0.260. The number of alkyl halides is 3. The van der Waals surface area contributed by atoms with Crippen LogP contribution < -0.4 is 0 Å². The second kappa shape index (κ2) is 5.59. The summed E-state index contributed by atoms with van der Waals surface area (Å²) in [7, 11) is 0. The van der Waals surface area contributed by atoms with E-state index in [1.165, 1.54) is 18.9 Å². The maximum Gasteiger partial charge on any atom is 0.416 e. The Morgan fingerprint density at radius 1 is 1.21 bits per heavy atom. The summed E-state index contributed by atoms with van der Waals surface area (Å²) < 4.78 is 41.0. The van der Waals surface area contributed by atoms with Gasteiger partial charge >= 0.3 is 6.18 Å². The van der Waals surface area contributed by atoms with Crippen LogP contribution in [0.4, 0.5) is 13.2 Å². The first-order valence-electron chi connectivity index (χ1n) is 7.92. The van der Waals surface area contributed by atoms with Gasteiger partial charge in [-0.15, -0.1) is 0 Å². The molecule has 24 heavy (non-hydrogen) atoms. The first-order chi connectivity index (χ1) is 11.4. The number of rotatable bonds is 2. The monoisotopic (exact) mass is 373 g/mol. The lowest BCUT2D eigenvalue weighted by Gasteiger charge is -2.13. The Balaban J connectivity index is 1.81. The van der Waals surface area contributed by atoms with Crippen molar-refractivity contribution in [2.75, 3.05) is 0 Å². The molecule has 0 radical (unpaired) electrons. The van der Waals surface area contributed by atoms with E-state index < -0.39 is 11.7 Å². The maximum atomic E-state index is 13.1. The van der Waals surface area contributed by atoms with Crippen molar-refractivity contribution in [3.05, 3.63) is 39.4 Å². The summed E-state index contributed by atoms with van der Waals surface area (Å²) in [5.74, 6) is 2.09. The molecule has 3 nitrogen and oxygen atoms in total. The van der Waals surface area contributed by atoms with E-state index in [1.807, 2.05) is 0 Å². The summed E-state index contributed by atoms with van der Waals surface area (Å²) >= 11 is 11.5. The molecule has 0 spiro atoms. The Morgan fingerprint density at radius 2 is 1.88 bits per heavy atom. The molecule has 0 bridgehead atoms. The number of nitrogens with one attached hydrogen (secondary N) is 1. The van der Waals surface area contributed by atoms with Gasteiger partial charge in [-0.05, 0) is 55.1 Å². The van der Waals surface area contributed by atoms with Crippen LogP contribution in [0.1, 0.15) is 43.0 Å². The zero-order valence-electron chi connectivity index (χ0n) is 12.6. The average Bonchev–Trinajstić information content (AvgIpc) is 3.14. The number of aromatic nitrogens is 3. The van der Waals surface area contributed by atoms with Gasteiger partial charge in [-0.2, -0.15) is 18.3 Å². The molecule has 2 fully saturated rings. The zero-order valence-corrected chi connectivity index (χ0v) is 14.2. The number of hydrogen-bond donors (Lipinski definition) is 1. The molecule has 128 valence electrons. The first kappa shape index (κ1) is 16.1. The Bertz CT molecular complexity index is 830. The molecule has 0 saturated heterocycles. The Morgan fingerprint density at radius 3 is 2.50 bits per heavy atom. The van der Waals surface area contributed by atoms with Crippen molar-refractivity contribution in [1.82, 2.24) is 14.8 Å². The van der Waals surface area contributed by atoms with Crippen LogP contribution in [0.3, 0.4) is 0 Å². The van der Waals surface area contributed by atoms with Gasteiger partial charge in [0.1, 0.15) is 5.82 Å². The third kappa shape index (κ3) is 2.58. The van der Waals surface area contributed by atoms with E-state index in [2.05, 4.69) is 10.2 Å². The predicted molar refractivity (Wildman–Crippen MR) is 86.9 cm³/mol. The molecular formula is C16H15ClF3N3S. The zero-order chi connectivity index (χ0) is 17.1. The third-order valence-electron chi connectivity index (χ3n) is 5.17. The van der Waals surface area contributed by atoms with E-state index in [0.717, 1.165) is 25.0 Å². The minimum Gasteiger partial charge on any atom is -0.270 e. The quantitative estimate of drug-likeness (QED) is 0.704. The molecule has 2 aliphatic carbocycles. The molecule has 2 atom stereocenters. The molecule has 1 aromatic heterocycles. The lowest BCUT2D eigenvalue weighted by atomic mass is 10.0. The van der Waals surface area contributed by atoms with Gasteiger partial charge < -0.3 is 0 Å². The maximum absolute atomic E-state index is 13.1. The summed E-state index contributed by atoms with van der Waals surface area (Å²) in [6, 6.07) is 3.29. The molecule has 1 heterocycles. The largest absolute Gasteiger partial charge is 0.416 e. The van der Waals surface area contributed by atoms with Crippen LogP contribution in [0.5, 0.6) is 0 Å². The summed E-state index contributed by atoms with van der Waals surface area (Å²) in [5.41, 5.74) is -0.506. The smallest absolute Gasteiger partial charge is 0.270 e. The van der Waals surface area contributed by atoms with Gasteiger partial charge in [-0.25, -0.2) is 0 Å². The summed E-state index contributed by atoms with van der Waals surface area (Å²) in [6.45, 7) is 0. The molecule has 2 aromatic rings. The number of halogens is 4. The minimum atomic E-state index is -4.43. The van der Waals surface area contributed by atoms with Gasteiger partial charge in [0.25, 0.3) is 0 Å². The van der Waals surface area contributed by atoms with Crippen molar-refractivity contribution in [1.29, 1.82) is 0 Å². The van der Waals surface area contributed by atoms with Crippen molar-refractivity contribution in [2.45, 2.75) is 37.8 Å². The van der Waals surface area contributed by atoms with Crippen molar-refractivity contribution in [2.24, 2.45) is 11.8 Å². The van der Waals surface area contributed by atoms with Gasteiger partial charge in [-0.3, -0.25) is 9.67 Å². The molecule has 1 aromatic carbocycles. The highest BCUT2D eigenvalue weighted by atomic mass is 35.5. The summed E-state index contributed by atoms with van der Waals surface area (Å²) in [4.78, 5) is 0. The lowest BCUT2D eigenvalue weighted by Crippen LogP contribution is -2.08. The molecule has 0 amide bonds. The van der Waals surface area contributed by atoms with Crippen LogP contribution in [-0.4, -0.2) is 14.8 Å². The van der Waals surface area contributed by atoms with Crippen LogP contribution in [0.15, 0.2) is 18.2 Å². The van der Waals surface area contributed by atoms with Gasteiger partial charge in [0.2, 0.25) is 0 Å². The normalized spacial score (nSPS) is 26.2. The van der Waals surface area contributed by atoms with Crippen molar-refractivity contribution in [3.63, 3.8) is 0 Å². The number of H-pyrrole nitrogens is 1. The minimum absolute atomic E-state index is 0.227. The topological polar surface area (TPSA) is 33.6 Å². The molecule has 8 heteroatoms. The number of hydrogen-bond acceptors (Lipinski definition) is 2. The average molecular weight is 374 g/mol. The number of aromatic amines is 1.